The molecule has 4 heterocycles. The van der Waals surface area contributed by atoms with Crippen LogP contribution in [0.4, 0.5) is 24.0 Å². The summed E-state index contributed by atoms with van der Waals surface area (Å²) in [5, 5.41) is 20.0. The van der Waals surface area contributed by atoms with Crippen LogP contribution in [0.2, 0.25) is 5.02 Å². The van der Waals surface area contributed by atoms with Crippen LogP contribution in [0.25, 0.3) is 22.3 Å². The van der Waals surface area contributed by atoms with E-state index in [0.717, 1.165) is 18.0 Å². The van der Waals surface area contributed by atoms with Gasteiger partial charge in [-0.25, -0.2) is 14.0 Å². The van der Waals surface area contributed by atoms with Gasteiger partial charge in [0.1, 0.15) is 53.3 Å². The van der Waals surface area contributed by atoms with Gasteiger partial charge in [0.15, 0.2) is 5.54 Å². The number of anilines is 1. The highest BCUT2D eigenvalue weighted by molar-refractivity contribution is 7.79. The zero-order valence-corrected chi connectivity index (χ0v) is 43.0. The van der Waals surface area contributed by atoms with Gasteiger partial charge in [-0.15, -0.1) is 15.0 Å². The number of fused-ring (bicyclic) bond motifs is 1. The van der Waals surface area contributed by atoms with Crippen molar-refractivity contribution in [2.45, 2.75) is 128 Å². The van der Waals surface area contributed by atoms with Crippen LogP contribution in [0.5, 0.6) is 11.5 Å². The summed E-state index contributed by atoms with van der Waals surface area (Å²) in [5.41, 5.74) is -5.99. The first kappa shape index (κ1) is 54.3. The van der Waals surface area contributed by atoms with Gasteiger partial charge in [0.05, 0.1) is 36.6 Å². The number of likely N-dealkylation sites (tertiary alicyclic amines) is 1. The zero-order valence-electron chi connectivity index (χ0n) is 41.4. The lowest BCUT2D eigenvalue weighted by molar-refractivity contribution is -0.303. The van der Waals surface area contributed by atoms with E-state index < -0.39 is 86.5 Å². The molecule has 2 saturated heterocycles. The van der Waals surface area contributed by atoms with Crippen LogP contribution in [0, 0.1) is 11.3 Å². The van der Waals surface area contributed by atoms with Gasteiger partial charge in [-0.05, 0) is 71.4 Å². The molecule has 1 aromatic carbocycles. The number of halogens is 4. The largest absolute Gasteiger partial charge is 0.510 e. The molecular weight excluding hydrogens is 993 g/mol. The van der Waals surface area contributed by atoms with Crippen molar-refractivity contribution in [3.05, 3.63) is 42.1 Å². The number of ether oxygens (including phenoxy) is 4. The fourth-order valence-corrected chi connectivity index (χ4v) is 9.69. The number of hydrogen-bond donors (Lipinski definition) is 5. The number of nitrogens with zero attached hydrogens (tertiary/aromatic N) is 4. The Morgan fingerprint density at radius 1 is 1.08 bits per heavy atom. The molecule has 2 aliphatic heterocycles. The number of hydrogen-bond acceptors (Lipinski definition) is 15. The first-order valence-electron chi connectivity index (χ1n) is 23.6. The number of oxazole rings is 1. The summed E-state index contributed by atoms with van der Waals surface area (Å²) < 4.78 is 104. The van der Waals surface area contributed by atoms with Crippen molar-refractivity contribution in [2.24, 2.45) is 11.3 Å². The number of carbonyl (C=O) groups excluding carboxylic acids is 3. The molecule has 2 saturated carbocycles. The first-order chi connectivity index (χ1) is 33.5. The van der Waals surface area contributed by atoms with E-state index in [2.05, 4.69) is 32.4 Å². The third kappa shape index (κ3) is 12.5. The number of aliphatic hydroxyl groups excluding tert-OH is 1. The van der Waals surface area contributed by atoms with Gasteiger partial charge in [0.25, 0.3) is 6.01 Å². The van der Waals surface area contributed by atoms with Gasteiger partial charge in [-0.2, -0.15) is 18.2 Å². The number of rotatable bonds is 19. The number of alkyl carbamates (subject to hydrolysis) is 1. The van der Waals surface area contributed by atoms with Crippen LogP contribution in [-0.2, 0) is 33.6 Å². The van der Waals surface area contributed by atoms with E-state index in [4.69, 9.17) is 44.1 Å². The molecule has 2 aromatic heterocycles. The van der Waals surface area contributed by atoms with Crippen molar-refractivity contribution in [3.8, 4) is 22.9 Å². The van der Waals surface area contributed by atoms with E-state index in [-0.39, 0.29) is 53.4 Å². The van der Waals surface area contributed by atoms with Gasteiger partial charge < -0.3 is 49.3 Å². The minimum atomic E-state index is -4.96. The maximum absolute atomic E-state index is 14.9. The molecule has 0 radical (unpaired) electrons. The van der Waals surface area contributed by atoms with E-state index in [1.165, 1.54) is 12.3 Å². The van der Waals surface area contributed by atoms with Crippen LogP contribution in [0.1, 0.15) is 81.1 Å². The van der Waals surface area contributed by atoms with Crippen LogP contribution in [0.15, 0.2) is 41.5 Å². The minimum absolute atomic E-state index is 0.00334. The molecule has 0 bridgehead atoms. The second-order valence-electron chi connectivity index (χ2n) is 20.7. The summed E-state index contributed by atoms with van der Waals surface area (Å²) in [4.78, 5) is 55.6. The predicted molar refractivity (Wildman–Crippen MR) is 257 cm³/mol. The van der Waals surface area contributed by atoms with Crippen LogP contribution < -0.4 is 29.8 Å². The molecule has 72 heavy (non-hydrogen) atoms. The lowest BCUT2D eigenvalue weighted by Gasteiger charge is -2.36. The summed E-state index contributed by atoms with van der Waals surface area (Å²) in [6, 6.07) is 2.11. The summed E-state index contributed by atoms with van der Waals surface area (Å²) in [6.45, 7) is 18.5. The highest BCUT2D eigenvalue weighted by Gasteiger charge is 2.64. The number of benzene rings is 1. The Morgan fingerprint density at radius 3 is 2.39 bits per heavy atom. The average molecular weight is 1060 g/mol. The number of amides is 3. The van der Waals surface area contributed by atoms with Crippen molar-refractivity contribution in [1.82, 2.24) is 30.4 Å². The number of aliphatic hydroxyl groups is 1. The van der Waals surface area contributed by atoms with Crippen molar-refractivity contribution in [2.75, 3.05) is 51.3 Å². The third-order valence-electron chi connectivity index (χ3n) is 12.9. The molecule has 4 fully saturated rings. The number of nitrogens with one attached hydrogen (secondary N) is 4. The first-order valence-corrected chi connectivity index (χ1v) is 25.4. The van der Waals surface area contributed by atoms with Crippen LogP contribution >= 0.6 is 11.6 Å². The molecule has 0 spiro atoms. The molecular formula is C47H63ClF3N8O12S+. The molecule has 25 heteroatoms. The Labute approximate surface area is 420 Å². The van der Waals surface area contributed by atoms with Gasteiger partial charge in [0.2, 0.25) is 17.4 Å². The Morgan fingerprint density at radius 2 is 1.78 bits per heavy atom. The van der Waals surface area contributed by atoms with E-state index in [9.17, 15) is 41.1 Å². The van der Waals surface area contributed by atoms with E-state index >= 15 is 0 Å². The standard InChI is InChI=1S/C47H62ClF3N8O12S/c1-10-27-23-46(27,40(62)57-72(64,65)71-45(9)13-14-45)56-38(60)32-21-28(24-59(32)39(61)37(43(4,5)6)55-42(63)70-44(7,8)47(49,50)51)69-34-22-30(31-25-68-41(54-31)52-26(2)3)53-36-29(34)11-12-33(35(36)48)67-20-17-58-15-18-66-19-16-58/h10-12,22,25-28,32,37H,1,13-21,23-24H2,2-9H3,(H,52,54)(H,55,63)(H,56,60)(H,57,62)/p+1/t27-,28-,32+,37-,46-/m1/s1. The molecule has 20 nitrogen and oxygen atoms in total. The highest BCUT2D eigenvalue weighted by Crippen LogP contribution is 2.45. The second-order valence-corrected chi connectivity index (χ2v) is 22.3. The highest BCUT2D eigenvalue weighted by atomic mass is 35.5. The van der Waals surface area contributed by atoms with Crippen molar-refractivity contribution < 1.29 is 73.0 Å². The SMILES string of the molecule is C=C[C@@H]1C[C@]1(NC(=O)[C@@H]1C[C@@H](Oc2cc(-c3coc(NC(C)C)n3)nc3c(Cl)c(OCCN4CCOCC4)ccc23)CN1C(=O)[C@@H](NC(=O)OC(C)(C)C(F)(F)F)C(C)(C)C)/C(O)=[NH+]/S(=O)(=O)OC1(C)CC1. The fraction of sp³-hybridized carbons (Fsp3) is 0.617. The molecule has 5 atom stereocenters. The van der Waals surface area contributed by atoms with Crippen molar-refractivity contribution in [3.63, 3.8) is 0 Å². The monoisotopic (exact) mass is 1060 g/mol. The number of alkyl halides is 3. The van der Waals surface area contributed by atoms with Gasteiger partial charge in [-0.3, -0.25) is 14.5 Å². The maximum Gasteiger partial charge on any atom is 0.510 e. The molecule has 2 aliphatic carbocycles. The van der Waals surface area contributed by atoms with Crippen LogP contribution in [0.3, 0.4) is 0 Å². The average Bonchev–Trinajstić information content (AvgIpc) is 4.05. The number of morpholine rings is 1. The summed E-state index contributed by atoms with van der Waals surface area (Å²) >= 11 is 7.06. The summed E-state index contributed by atoms with van der Waals surface area (Å²) in [5.74, 6) is -2.77. The smallest absolute Gasteiger partial charge is 0.491 e. The number of aromatic nitrogens is 2. The normalized spacial score (nSPS) is 23.1. The Bertz CT molecular complexity index is 2690. The molecule has 5 N–H and O–H groups in total. The number of pyridine rings is 1. The Balaban J connectivity index is 1.24. The van der Waals surface area contributed by atoms with E-state index in [0.29, 0.717) is 69.9 Å². The van der Waals surface area contributed by atoms with Crippen molar-refractivity contribution in [1.29, 1.82) is 0 Å². The third-order valence-corrected chi connectivity index (χ3v) is 14.3. The Kier molecular flexibility index (Phi) is 15.4. The summed E-state index contributed by atoms with van der Waals surface area (Å²) in [6.07, 6.45) is -4.01. The molecule has 396 valence electrons. The van der Waals surface area contributed by atoms with Gasteiger partial charge >= 0.3 is 28.5 Å². The second kappa shape index (κ2) is 20.5. The molecule has 3 amide bonds. The quantitative estimate of drug-likeness (QED) is 0.0614. The summed E-state index contributed by atoms with van der Waals surface area (Å²) in [7, 11) is -4.57. The molecule has 3 aromatic rings. The molecule has 7 rings (SSSR count). The lowest BCUT2D eigenvalue weighted by atomic mass is 9.85. The fourth-order valence-electron chi connectivity index (χ4n) is 8.27. The predicted octanol–water partition coefficient (Wildman–Crippen LogP) is 4.82. The minimum Gasteiger partial charge on any atom is -0.491 e. The topological polar surface area (TPSA) is 247 Å². The van der Waals surface area contributed by atoms with E-state index in [1.54, 1.807) is 45.9 Å². The van der Waals surface area contributed by atoms with Gasteiger partial charge in [0, 0.05) is 49.5 Å². The Hall–Kier alpha value is -5.43. The zero-order chi connectivity index (χ0) is 52.8. The molecule has 4 aliphatic rings. The van der Waals surface area contributed by atoms with Crippen molar-refractivity contribution >= 4 is 62.6 Å². The van der Waals surface area contributed by atoms with Gasteiger partial charge in [-0.1, -0.05) is 42.8 Å². The van der Waals surface area contributed by atoms with Crippen LogP contribution in [-0.4, -0.2) is 150 Å². The number of carbonyl (C=O) groups is 3. The lowest BCUT2D eigenvalue weighted by Crippen LogP contribution is -2.81. The molecule has 0 unspecified atom stereocenters. The van der Waals surface area contributed by atoms with E-state index in [1.807, 2.05) is 18.2 Å². The maximum atomic E-state index is 14.9.